The first-order chi connectivity index (χ1) is 9.01. The van der Waals surface area contributed by atoms with Gasteiger partial charge < -0.3 is 11.1 Å². The van der Waals surface area contributed by atoms with Crippen LogP contribution in [0.3, 0.4) is 0 Å². The molecule has 0 spiro atoms. The van der Waals surface area contributed by atoms with Crippen molar-refractivity contribution in [3.8, 4) is 0 Å². The second kappa shape index (κ2) is 5.07. The fourth-order valence-electron chi connectivity index (χ4n) is 1.46. The Morgan fingerprint density at radius 3 is 2.84 bits per heavy atom. The zero-order chi connectivity index (χ0) is 14.0. The van der Waals surface area contributed by atoms with Gasteiger partial charge in [-0.1, -0.05) is 17.7 Å². The molecule has 8 heteroatoms. The van der Waals surface area contributed by atoms with E-state index < -0.39 is 5.56 Å². The molecule has 0 atom stereocenters. The molecule has 0 bridgehead atoms. The summed E-state index contributed by atoms with van der Waals surface area (Å²) in [6, 6.07) is 5.16. The molecule has 4 N–H and O–H groups in total. The maximum atomic E-state index is 11.5. The van der Waals surface area contributed by atoms with Crippen molar-refractivity contribution in [1.29, 1.82) is 0 Å². The van der Waals surface area contributed by atoms with E-state index in [1.165, 1.54) is 0 Å². The molecular weight excluding hydrogens is 270 g/mol. The number of hydrogen-bond donors (Lipinski definition) is 3. The number of aromatic nitrogens is 2. The number of nitrogen functional groups attached to an aromatic ring is 1. The van der Waals surface area contributed by atoms with Crippen molar-refractivity contribution >= 4 is 34.7 Å². The lowest BCUT2D eigenvalue weighted by Gasteiger charge is -2.08. The minimum Gasteiger partial charge on any atom is -0.369 e. The van der Waals surface area contributed by atoms with Crippen LogP contribution in [0.2, 0.25) is 5.02 Å². The number of anilines is 3. The van der Waals surface area contributed by atoms with Gasteiger partial charge in [-0.2, -0.15) is 4.98 Å². The van der Waals surface area contributed by atoms with E-state index in [1.807, 2.05) is 6.92 Å². The monoisotopic (exact) mass is 279 g/mol. The molecule has 1 heterocycles. The molecule has 0 amide bonds. The first-order valence-corrected chi connectivity index (χ1v) is 5.65. The number of benzene rings is 1. The van der Waals surface area contributed by atoms with Crippen LogP contribution in [0.25, 0.3) is 0 Å². The van der Waals surface area contributed by atoms with Gasteiger partial charge in [0.1, 0.15) is 0 Å². The Balaban J connectivity index is 2.45. The van der Waals surface area contributed by atoms with E-state index in [-0.39, 0.29) is 17.5 Å². The van der Waals surface area contributed by atoms with Gasteiger partial charge in [0, 0.05) is 10.7 Å². The summed E-state index contributed by atoms with van der Waals surface area (Å²) in [7, 11) is 0. The van der Waals surface area contributed by atoms with Crippen LogP contribution in [-0.4, -0.2) is 9.97 Å². The Kier molecular flexibility index (Phi) is 3.48. The van der Waals surface area contributed by atoms with Gasteiger partial charge >= 0.3 is 0 Å². The lowest BCUT2D eigenvalue weighted by Crippen LogP contribution is -2.13. The van der Waals surface area contributed by atoms with Gasteiger partial charge in [0.15, 0.2) is 5.82 Å². The quantitative estimate of drug-likeness (QED) is 0.747. The second-order valence-electron chi connectivity index (χ2n) is 3.83. The van der Waals surface area contributed by atoms with Gasteiger partial charge in [-0.05, 0) is 29.8 Å². The third-order valence-corrected chi connectivity index (χ3v) is 2.85. The average Bonchev–Trinajstić information content (AvgIpc) is 2.33. The van der Waals surface area contributed by atoms with Crippen LogP contribution in [0.15, 0.2) is 28.2 Å². The summed E-state index contributed by atoms with van der Waals surface area (Å²) >= 11 is 5.98. The number of halogens is 1. The highest BCUT2D eigenvalue weighted by molar-refractivity contribution is 6.31. The van der Waals surface area contributed by atoms with Gasteiger partial charge in [0.25, 0.3) is 5.56 Å². The maximum Gasteiger partial charge on any atom is 0.284 e. The average molecular weight is 280 g/mol. The van der Waals surface area contributed by atoms with Crippen molar-refractivity contribution in [3.05, 3.63) is 44.0 Å². The number of aryl methyl sites for hydroxylation is 1. The zero-order valence-corrected chi connectivity index (χ0v) is 10.7. The lowest BCUT2D eigenvalue weighted by atomic mass is 10.2. The van der Waals surface area contributed by atoms with E-state index in [0.717, 1.165) is 5.56 Å². The standard InChI is InChI=1S/C11H10ClN5O2/c1-5-2-3-6(4-7(5)12)14-9-8(17-19)10(18)16-11(13)15-9/h2-4H,1H3,(H4,13,14,15,16,18). The largest absolute Gasteiger partial charge is 0.369 e. The first-order valence-electron chi connectivity index (χ1n) is 5.27. The molecule has 1 aromatic heterocycles. The first kappa shape index (κ1) is 13.0. The number of nitrogens with one attached hydrogen (secondary N) is 2. The normalized spacial score (nSPS) is 10.2. The van der Waals surface area contributed by atoms with Gasteiger partial charge in [-0.25, -0.2) is 0 Å². The Bertz CT molecular complexity index is 698. The van der Waals surface area contributed by atoms with E-state index >= 15 is 0 Å². The molecule has 0 saturated carbocycles. The van der Waals surface area contributed by atoms with Gasteiger partial charge in [0.2, 0.25) is 11.6 Å². The van der Waals surface area contributed by atoms with E-state index in [1.54, 1.807) is 18.2 Å². The Hall–Kier alpha value is -2.41. The molecule has 1 aromatic carbocycles. The van der Waals surface area contributed by atoms with E-state index in [4.69, 9.17) is 17.3 Å². The number of rotatable bonds is 3. The van der Waals surface area contributed by atoms with Crippen LogP contribution < -0.4 is 16.6 Å². The van der Waals surface area contributed by atoms with Crippen molar-refractivity contribution < 1.29 is 0 Å². The fourth-order valence-corrected chi connectivity index (χ4v) is 1.64. The number of nitroso groups, excluding NO2 is 1. The lowest BCUT2D eigenvalue weighted by molar-refractivity contribution is 1.12. The smallest absolute Gasteiger partial charge is 0.284 e. The summed E-state index contributed by atoms with van der Waals surface area (Å²) in [4.78, 5) is 28.1. The molecular formula is C11H10ClN5O2. The SMILES string of the molecule is Cc1ccc(Nc2nc(N)[nH]c(=O)c2N=O)cc1Cl. The van der Waals surface area contributed by atoms with Crippen molar-refractivity contribution in [3.63, 3.8) is 0 Å². The number of nitrogens with zero attached hydrogens (tertiary/aromatic N) is 2. The van der Waals surface area contributed by atoms with Crippen LogP contribution >= 0.6 is 11.6 Å². The van der Waals surface area contributed by atoms with E-state index in [2.05, 4.69) is 20.5 Å². The second-order valence-corrected chi connectivity index (χ2v) is 4.24. The molecule has 7 nitrogen and oxygen atoms in total. The molecule has 0 fully saturated rings. The van der Waals surface area contributed by atoms with Crippen LogP contribution in [0, 0.1) is 11.8 Å². The highest BCUT2D eigenvalue weighted by Gasteiger charge is 2.11. The number of hydrogen-bond acceptors (Lipinski definition) is 6. The van der Waals surface area contributed by atoms with Crippen LogP contribution in [0.1, 0.15) is 5.56 Å². The molecule has 0 saturated heterocycles. The third-order valence-electron chi connectivity index (χ3n) is 2.44. The van der Waals surface area contributed by atoms with E-state index in [0.29, 0.717) is 10.7 Å². The molecule has 0 aliphatic heterocycles. The summed E-state index contributed by atoms with van der Waals surface area (Å²) < 4.78 is 0. The minimum atomic E-state index is -0.705. The zero-order valence-electron chi connectivity index (χ0n) is 9.90. The Morgan fingerprint density at radius 2 is 2.21 bits per heavy atom. The van der Waals surface area contributed by atoms with Gasteiger partial charge in [-0.3, -0.25) is 9.78 Å². The number of aromatic amines is 1. The molecule has 0 aliphatic carbocycles. The summed E-state index contributed by atoms with van der Waals surface area (Å²) in [5.41, 5.74) is 5.81. The summed E-state index contributed by atoms with van der Waals surface area (Å²) in [5, 5.41) is 5.97. The predicted octanol–water partition coefficient (Wildman–Crippen LogP) is 2.46. The molecule has 98 valence electrons. The molecule has 0 unspecified atom stereocenters. The van der Waals surface area contributed by atoms with Crippen molar-refractivity contribution in [2.24, 2.45) is 5.18 Å². The predicted molar refractivity (Wildman–Crippen MR) is 74.2 cm³/mol. The summed E-state index contributed by atoms with van der Waals surface area (Å²) in [6.07, 6.45) is 0. The van der Waals surface area contributed by atoms with Crippen LogP contribution in [0.5, 0.6) is 0 Å². The maximum absolute atomic E-state index is 11.5. The highest BCUT2D eigenvalue weighted by Crippen LogP contribution is 2.25. The van der Waals surface area contributed by atoms with Crippen molar-refractivity contribution in [2.75, 3.05) is 11.1 Å². The number of H-pyrrole nitrogens is 1. The molecule has 19 heavy (non-hydrogen) atoms. The Labute approximate surface area is 112 Å². The van der Waals surface area contributed by atoms with Crippen LogP contribution in [-0.2, 0) is 0 Å². The van der Waals surface area contributed by atoms with Gasteiger partial charge in [-0.15, -0.1) is 4.91 Å². The molecule has 2 rings (SSSR count). The summed E-state index contributed by atoms with van der Waals surface area (Å²) in [5.74, 6) is -0.130. The third kappa shape index (κ3) is 2.71. The molecule has 0 radical (unpaired) electrons. The van der Waals surface area contributed by atoms with E-state index in [9.17, 15) is 9.70 Å². The minimum absolute atomic E-state index is 0.0174. The highest BCUT2D eigenvalue weighted by atomic mass is 35.5. The number of nitrogens with two attached hydrogens (primary N) is 1. The Morgan fingerprint density at radius 1 is 1.47 bits per heavy atom. The van der Waals surface area contributed by atoms with Crippen LogP contribution in [0.4, 0.5) is 23.1 Å². The topological polar surface area (TPSA) is 113 Å². The van der Waals surface area contributed by atoms with Crippen molar-refractivity contribution in [1.82, 2.24) is 9.97 Å². The van der Waals surface area contributed by atoms with Crippen molar-refractivity contribution in [2.45, 2.75) is 6.92 Å². The molecule has 2 aromatic rings. The molecule has 0 aliphatic rings. The summed E-state index contributed by atoms with van der Waals surface area (Å²) in [6.45, 7) is 1.86. The fraction of sp³-hybridized carbons (Fsp3) is 0.0909. The van der Waals surface area contributed by atoms with Gasteiger partial charge in [0.05, 0.1) is 0 Å².